The lowest BCUT2D eigenvalue weighted by Gasteiger charge is -2.34. The van der Waals surface area contributed by atoms with E-state index in [2.05, 4.69) is 290 Å². The topological polar surface area (TPSA) is 3.24 Å². The van der Waals surface area contributed by atoms with E-state index in [1.54, 1.807) is 0 Å². The van der Waals surface area contributed by atoms with Crippen LogP contribution in [0.5, 0.6) is 0 Å². The van der Waals surface area contributed by atoms with E-state index < -0.39 is 5.41 Å². The normalized spacial score (nSPS) is 12.5. The van der Waals surface area contributed by atoms with E-state index >= 15 is 0 Å². The van der Waals surface area contributed by atoms with E-state index in [0.717, 1.165) is 17.1 Å². The summed E-state index contributed by atoms with van der Waals surface area (Å²) in [7, 11) is 0. The zero-order valence-corrected chi connectivity index (χ0v) is 40.8. The van der Waals surface area contributed by atoms with Gasteiger partial charge in [0.15, 0.2) is 0 Å². The Bertz CT molecular complexity index is 4150. The van der Waals surface area contributed by atoms with Crippen molar-refractivity contribution >= 4 is 59.3 Å². The smallest absolute Gasteiger partial charge is 0.0713 e. The fourth-order valence-electron chi connectivity index (χ4n) is 11.7. The number of nitrogens with zero attached hydrogens (tertiary/aromatic N) is 1. The van der Waals surface area contributed by atoms with Gasteiger partial charge in [-0.1, -0.05) is 218 Å². The van der Waals surface area contributed by atoms with E-state index in [-0.39, 0.29) is 0 Å². The fraction of sp³-hybridized carbons (Fsp3) is 0.0141. The van der Waals surface area contributed by atoms with Crippen LogP contribution in [0.3, 0.4) is 0 Å². The Morgan fingerprint density at radius 3 is 1.44 bits per heavy atom. The molecule has 0 spiro atoms. The van der Waals surface area contributed by atoms with Crippen molar-refractivity contribution in [3.05, 3.63) is 307 Å². The van der Waals surface area contributed by atoms with Gasteiger partial charge >= 0.3 is 0 Å². The first kappa shape index (κ1) is 42.8. The van der Waals surface area contributed by atoms with Gasteiger partial charge in [0.1, 0.15) is 0 Å². The van der Waals surface area contributed by atoms with Crippen molar-refractivity contribution in [2.24, 2.45) is 0 Å². The minimum atomic E-state index is -0.458. The molecule has 0 unspecified atom stereocenters. The van der Waals surface area contributed by atoms with Crippen LogP contribution in [0.15, 0.2) is 285 Å². The van der Waals surface area contributed by atoms with Crippen LogP contribution in [-0.4, -0.2) is 0 Å². The van der Waals surface area contributed by atoms with Crippen molar-refractivity contribution in [3.63, 3.8) is 0 Å². The van der Waals surface area contributed by atoms with Gasteiger partial charge in [0.25, 0.3) is 0 Å². The van der Waals surface area contributed by atoms with E-state index in [0.29, 0.717) is 0 Å². The maximum Gasteiger partial charge on any atom is 0.0713 e. The van der Waals surface area contributed by atoms with Crippen LogP contribution in [0.2, 0.25) is 0 Å². The highest BCUT2D eigenvalue weighted by Crippen LogP contribution is 2.57. The molecule has 14 rings (SSSR count). The first-order chi connectivity index (χ1) is 36.2. The van der Waals surface area contributed by atoms with Gasteiger partial charge in [0, 0.05) is 31.5 Å². The van der Waals surface area contributed by atoms with Crippen LogP contribution < -0.4 is 4.90 Å². The minimum absolute atomic E-state index is 0.458. The summed E-state index contributed by atoms with van der Waals surface area (Å²) in [6, 6.07) is 105. The molecule has 1 aliphatic carbocycles. The maximum atomic E-state index is 2.45. The van der Waals surface area contributed by atoms with E-state index in [9.17, 15) is 0 Å². The third-order valence-corrected chi connectivity index (χ3v) is 16.3. The van der Waals surface area contributed by atoms with Crippen LogP contribution in [0.25, 0.3) is 86.6 Å². The molecule has 0 atom stereocenters. The molecular weight excluding hydrogens is 899 g/mol. The first-order valence-corrected chi connectivity index (χ1v) is 26.0. The van der Waals surface area contributed by atoms with Gasteiger partial charge in [0.05, 0.1) is 11.1 Å². The summed E-state index contributed by atoms with van der Waals surface area (Å²) in [5.41, 5.74) is 20.2. The van der Waals surface area contributed by atoms with E-state index in [1.807, 2.05) is 11.3 Å². The molecule has 12 aromatic carbocycles. The van der Waals surface area contributed by atoms with Crippen molar-refractivity contribution in [1.82, 2.24) is 0 Å². The molecule has 1 heterocycles. The van der Waals surface area contributed by atoms with Gasteiger partial charge in [0.2, 0.25) is 0 Å². The van der Waals surface area contributed by atoms with Gasteiger partial charge in [-0.05, 0) is 155 Å². The van der Waals surface area contributed by atoms with Crippen LogP contribution >= 0.6 is 11.3 Å². The third kappa shape index (κ3) is 7.21. The van der Waals surface area contributed by atoms with Crippen molar-refractivity contribution in [1.29, 1.82) is 0 Å². The highest BCUT2D eigenvalue weighted by molar-refractivity contribution is 7.26. The molecule has 1 nitrogen and oxygen atoms in total. The van der Waals surface area contributed by atoms with E-state index in [1.165, 1.54) is 109 Å². The van der Waals surface area contributed by atoms with Crippen molar-refractivity contribution in [2.45, 2.75) is 5.41 Å². The zero-order valence-electron chi connectivity index (χ0n) is 40.0. The van der Waals surface area contributed by atoms with Crippen molar-refractivity contribution < 1.29 is 0 Å². The largest absolute Gasteiger partial charge is 0.310 e. The Hall–Kier alpha value is -9.08. The Morgan fingerprint density at radius 2 is 0.767 bits per heavy atom. The highest BCUT2D eigenvalue weighted by Gasteiger charge is 2.46. The lowest BCUT2D eigenvalue weighted by atomic mass is 9.67. The summed E-state index contributed by atoms with van der Waals surface area (Å²) in [5, 5.41) is 5.05. The summed E-state index contributed by atoms with van der Waals surface area (Å²) in [4.78, 5) is 2.44. The van der Waals surface area contributed by atoms with Crippen LogP contribution in [0.4, 0.5) is 17.1 Å². The van der Waals surface area contributed by atoms with Gasteiger partial charge in [-0.2, -0.15) is 0 Å². The number of thiophene rings is 1. The second-order valence-electron chi connectivity index (χ2n) is 19.2. The van der Waals surface area contributed by atoms with Gasteiger partial charge < -0.3 is 4.90 Å². The van der Waals surface area contributed by atoms with Gasteiger partial charge in [-0.3, -0.25) is 0 Å². The molecule has 0 saturated carbocycles. The SMILES string of the molecule is c1ccc(C2(c3ccccc3)c3ccccc3-c3ccc(-c4ccc(N(c5ccc(-c6cccc(-c7cccc(-c8ccc9ccccc9c8)c7)c6)cc5)c5cccc6sc7ccccc7c56)cc4)cc32)cc1. The zero-order chi connectivity index (χ0) is 48.3. The molecule has 0 bridgehead atoms. The van der Waals surface area contributed by atoms with Crippen LogP contribution in [-0.2, 0) is 5.41 Å². The molecule has 0 radical (unpaired) electrons. The molecule has 73 heavy (non-hydrogen) atoms. The second-order valence-corrected chi connectivity index (χ2v) is 20.3. The Labute approximate surface area is 430 Å². The first-order valence-electron chi connectivity index (χ1n) is 25.1. The standard InChI is InChI=1S/C71H47NS/c1-3-22-58(23-4-1)71(59-24-5-2-6-25-59)65-28-11-9-26-62(65)63-43-38-57(47-66(63)71)50-36-41-61(42-37-50)72(67-29-15-31-69-70(67)64-27-10-12-30-68(64)73-69)60-39-34-49(35-40-60)52-18-13-19-53(44-52)54-20-14-21-55(46-54)56-33-32-48-16-7-8-17-51(48)45-56/h1-47H. The molecule has 342 valence electrons. The Morgan fingerprint density at radius 1 is 0.288 bits per heavy atom. The summed E-state index contributed by atoms with van der Waals surface area (Å²) in [6.45, 7) is 0. The minimum Gasteiger partial charge on any atom is -0.310 e. The predicted molar refractivity (Wildman–Crippen MR) is 311 cm³/mol. The number of benzene rings is 12. The lowest BCUT2D eigenvalue weighted by Crippen LogP contribution is -2.28. The second kappa shape index (κ2) is 17.6. The number of fused-ring (bicyclic) bond motifs is 7. The number of hydrogen-bond donors (Lipinski definition) is 0. The molecule has 1 aromatic heterocycles. The van der Waals surface area contributed by atoms with Crippen LogP contribution in [0.1, 0.15) is 22.3 Å². The lowest BCUT2D eigenvalue weighted by molar-refractivity contribution is 0.769. The molecule has 0 fully saturated rings. The Kier molecular flexibility index (Phi) is 10.3. The molecule has 1 aliphatic rings. The molecular formula is C71H47NS. The summed E-state index contributed by atoms with van der Waals surface area (Å²) in [5.74, 6) is 0. The molecule has 0 aliphatic heterocycles. The number of hydrogen-bond acceptors (Lipinski definition) is 2. The highest BCUT2D eigenvalue weighted by atomic mass is 32.1. The van der Waals surface area contributed by atoms with E-state index in [4.69, 9.17) is 0 Å². The molecule has 2 heteroatoms. The number of anilines is 3. The monoisotopic (exact) mass is 945 g/mol. The average Bonchev–Trinajstić information content (AvgIpc) is 4.00. The maximum absolute atomic E-state index is 2.45. The Balaban J connectivity index is 0.846. The van der Waals surface area contributed by atoms with Crippen molar-refractivity contribution in [3.8, 4) is 55.6 Å². The van der Waals surface area contributed by atoms with Gasteiger partial charge in [-0.15, -0.1) is 11.3 Å². The summed E-state index contributed by atoms with van der Waals surface area (Å²) < 4.78 is 2.57. The molecule has 13 aromatic rings. The average molecular weight is 946 g/mol. The fourth-order valence-corrected chi connectivity index (χ4v) is 12.9. The summed E-state index contributed by atoms with van der Waals surface area (Å²) in [6.07, 6.45) is 0. The molecule has 0 amide bonds. The predicted octanol–water partition coefficient (Wildman–Crippen LogP) is 19.7. The quantitative estimate of drug-likeness (QED) is 0.139. The third-order valence-electron chi connectivity index (χ3n) is 15.1. The number of rotatable bonds is 9. The molecule has 0 saturated heterocycles. The van der Waals surface area contributed by atoms with Crippen LogP contribution in [0, 0.1) is 0 Å². The van der Waals surface area contributed by atoms with Crippen molar-refractivity contribution in [2.75, 3.05) is 4.90 Å². The van der Waals surface area contributed by atoms with Gasteiger partial charge in [-0.25, -0.2) is 0 Å². The summed E-state index contributed by atoms with van der Waals surface area (Å²) >= 11 is 1.86. The molecule has 0 N–H and O–H groups in total.